The number of aryl methyl sites for hydroxylation is 1. The highest BCUT2D eigenvalue weighted by Gasteiger charge is 2.44. The molecule has 3 fully saturated rings. The van der Waals surface area contributed by atoms with Crippen molar-refractivity contribution in [1.29, 1.82) is 0 Å². The minimum atomic E-state index is -0.0783. The number of nitrogens with zero attached hydrogens (tertiary/aromatic N) is 2. The van der Waals surface area contributed by atoms with E-state index in [0.717, 1.165) is 50.4 Å². The van der Waals surface area contributed by atoms with Crippen molar-refractivity contribution in [2.75, 3.05) is 26.3 Å². The molecule has 1 aromatic heterocycles. The number of hydrogen-bond donors (Lipinski definition) is 0. The summed E-state index contributed by atoms with van der Waals surface area (Å²) in [6, 6.07) is 3.77. The summed E-state index contributed by atoms with van der Waals surface area (Å²) in [5.41, 5.74) is 1.53. The van der Waals surface area contributed by atoms with Gasteiger partial charge in [-0.05, 0) is 56.2 Å². The highest BCUT2D eigenvalue weighted by atomic mass is 16.6. The molecule has 0 unspecified atom stereocenters. The standard InChI is InChI=1S/C19H26N2O3/c1-14-4-7-20-17(10-14)18(22)21-8-5-19(6-9-21)11-16(13-24-19)23-12-15-2-3-15/h4,7,10,15-16H,2-3,5-6,8-9,11-13H2,1H3/t16-/m0/s1. The fourth-order valence-electron chi connectivity index (χ4n) is 3.75. The van der Waals surface area contributed by atoms with Gasteiger partial charge in [0.25, 0.3) is 5.91 Å². The molecule has 1 amide bonds. The van der Waals surface area contributed by atoms with Gasteiger partial charge >= 0.3 is 0 Å². The molecule has 3 heterocycles. The maximum absolute atomic E-state index is 12.6. The van der Waals surface area contributed by atoms with Crippen LogP contribution in [0, 0.1) is 12.8 Å². The van der Waals surface area contributed by atoms with E-state index in [4.69, 9.17) is 9.47 Å². The zero-order chi connectivity index (χ0) is 16.6. The lowest BCUT2D eigenvalue weighted by molar-refractivity contribution is -0.0411. The Morgan fingerprint density at radius 1 is 1.42 bits per heavy atom. The Kier molecular flexibility index (Phi) is 4.31. The van der Waals surface area contributed by atoms with Crippen LogP contribution in [0.5, 0.6) is 0 Å². The van der Waals surface area contributed by atoms with Gasteiger partial charge in [0.2, 0.25) is 0 Å². The van der Waals surface area contributed by atoms with Crippen molar-refractivity contribution in [2.24, 2.45) is 5.92 Å². The molecule has 4 rings (SSSR count). The fourth-order valence-corrected chi connectivity index (χ4v) is 3.75. The van der Waals surface area contributed by atoms with Gasteiger partial charge in [0.15, 0.2) is 0 Å². The average molecular weight is 330 g/mol. The maximum atomic E-state index is 12.6. The van der Waals surface area contributed by atoms with Crippen molar-refractivity contribution in [3.05, 3.63) is 29.6 Å². The third-order valence-corrected chi connectivity index (χ3v) is 5.54. The Balaban J connectivity index is 1.30. The quantitative estimate of drug-likeness (QED) is 0.851. The Hall–Kier alpha value is -1.46. The Morgan fingerprint density at radius 3 is 2.92 bits per heavy atom. The van der Waals surface area contributed by atoms with E-state index in [2.05, 4.69) is 4.98 Å². The van der Waals surface area contributed by atoms with E-state index in [1.165, 1.54) is 12.8 Å². The SMILES string of the molecule is Cc1ccnc(C(=O)N2CCC3(CC2)C[C@H](OCC2CC2)CO3)c1. The van der Waals surface area contributed by atoms with Crippen LogP contribution in [-0.4, -0.2) is 53.8 Å². The van der Waals surface area contributed by atoms with Gasteiger partial charge in [0, 0.05) is 32.3 Å². The number of hydrogen-bond acceptors (Lipinski definition) is 4. The van der Waals surface area contributed by atoms with Crippen LogP contribution in [0.3, 0.4) is 0 Å². The van der Waals surface area contributed by atoms with Crippen LogP contribution in [0.25, 0.3) is 0 Å². The summed E-state index contributed by atoms with van der Waals surface area (Å²) in [5.74, 6) is 0.830. The van der Waals surface area contributed by atoms with Gasteiger partial charge < -0.3 is 14.4 Å². The molecule has 1 saturated carbocycles. The maximum Gasteiger partial charge on any atom is 0.272 e. The lowest BCUT2D eigenvalue weighted by Gasteiger charge is -2.38. The van der Waals surface area contributed by atoms with E-state index in [1.807, 2.05) is 24.0 Å². The van der Waals surface area contributed by atoms with Crippen molar-refractivity contribution in [3.63, 3.8) is 0 Å². The van der Waals surface area contributed by atoms with Crippen molar-refractivity contribution >= 4 is 5.91 Å². The number of likely N-dealkylation sites (tertiary alicyclic amines) is 1. The van der Waals surface area contributed by atoms with Crippen LogP contribution in [0.15, 0.2) is 18.3 Å². The highest BCUT2D eigenvalue weighted by molar-refractivity contribution is 5.92. The molecule has 1 aromatic rings. The van der Waals surface area contributed by atoms with Gasteiger partial charge in [-0.15, -0.1) is 0 Å². The number of rotatable bonds is 4. The summed E-state index contributed by atoms with van der Waals surface area (Å²) in [6.45, 7) is 5.07. The van der Waals surface area contributed by atoms with E-state index in [0.29, 0.717) is 12.3 Å². The van der Waals surface area contributed by atoms with Gasteiger partial charge in [0.1, 0.15) is 5.69 Å². The largest absolute Gasteiger partial charge is 0.375 e. The lowest BCUT2D eigenvalue weighted by Crippen LogP contribution is -2.46. The Labute approximate surface area is 143 Å². The molecule has 24 heavy (non-hydrogen) atoms. The molecule has 5 nitrogen and oxygen atoms in total. The first kappa shape index (κ1) is 16.0. The molecule has 0 aromatic carbocycles. The van der Waals surface area contributed by atoms with Crippen LogP contribution >= 0.6 is 0 Å². The molecule has 0 radical (unpaired) electrons. The van der Waals surface area contributed by atoms with Gasteiger partial charge in [-0.25, -0.2) is 0 Å². The number of ether oxygens (including phenoxy) is 2. The van der Waals surface area contributed by atoms with E-state index >= 15 is 0 Å². The molecule has 1 spiro atoms. The molecule has 0 N–H and O–H groups in total. The summed E-state index contributed by atoms with van der Waals surface area (Å²) in [7, 11) is 0. The predicted molar refractivity (Wildman–Crippen MR) is 89.9 cm³/mol. The number of carbonyl (C=O) groups excluding carboxylic acids is 1. The zero-order valence-electron chi connectivity index (χ0n) is 14.4. The second-order valence-corrected chi connectivity index (χ2v) is 7.61. The van der Waals surface area contributed by atoms with Crippen molar-refractivity contribution in [1.82, 2.24) is 9.88 Å². The van der Waals surface area contributed by atoms with E-state index in [-0.39, 0.29) is 17.6 Å². The first-order valence-corrected chi connectivity index (χ1v) is 9.11. The Bertz CT molecular complexity index is 606. The molecular weight excluding hydrogens is 304 g/mol. The monoisotopic (exact) mass is 330 g/mol. The van der Waals surface area contributed by atoms with E-state index < -0.39 is 0 Å². The molecular formula is C19H26N2O3. The number of piperidine rings is 1. The molecule has 0 bridgehead atoms. The number of carbonyl (C=O) groups is 1. The highest BCUT2D eigenvalue weighted by Crippen LogP contribution is 2.38. The molecule has 5 heteroatoms. The molecule has 1 atom stereocenters. The zero-order valence-corrected chi connectivity index (χ0v) is 14.4. The minimum Gasteiger partial charge on any atom is -0.375 e. The van der Waals surface area contributed by atoms with E-state index in [1.54, 1.807) is 6.20 Å². The summed E-state index contributed by atoms with van der Waals surface area (Å²) in [4.78, 5) is 18.7. The summed E-state index contributed by atoms with van der Waals surface area (Å²) in [6.07, 6.45) is 7.36. The van der Waals surface area contributed by atoms with Gasteiger partial charge in [-0.2, -0.15) is 0 Å². The molecule has 1 aliphatic carbocycles. The number of amides is 1. The van der Waals surface area contributed by atoms with Gasteiger partial charge in [0.05, 0.1) is 18.3 Å². The first-order chi connectivity index (χ1) is 11.6. The van der Waals surface area contributed by atoms with Crippen LogP contribution in [0.4, 0.5) is 0 Å². The van der Waals surface area contributed by atoms with Crippen molar-refractivity contribution in [2.45, 2.75) is 50.7 Å². The lowest BCUT2D eigenvalue weighted by atomic mass is 9.88. The topological polar surface area (TPSA) is 51.7 Å². The summed E-state index contributed by atoms with van der Waals surface area (Å²) in [5, 5.41) is 0. The van der Waals surface area contributed by atoms with Crippen LogP contribution in [-0.2, 0) is 9.47 Å². The molecule has 2 saturated heterocycles. The Morgan fingerprint density at radius 2 is 2.21 bits per heavy atom. The van der Waals surface area contributed by atoms with Crippen LogP contribution < -0.4 is 0 Å². The van der Waals surface area contributed by atoms with Gasteiger partial charge in [-0.1, -0.05) is 0 Å². The minimum absolute atomic E-state index is 0.0353. The average Bonchev–Trinajstić information content (AvgIpc) is 3.35. The predicted octanol–water partition coefficient (Wildman–Crippen LogP) is 2.58. The normalized spacial score (nSPS) is 26.0. The molecule has 130 valence electrons. The van der Waals surface area contributed by atoms with Crippen LogP contribution in [0.2, 0.25) is 0 Å². The number of pyridine rings is 1. The molecule has 2 aliphatic heterocycles. The second kappa shape index (κ2) is 6.45. The van der Waals surface area contributed by atoms with E-state index in [9.17, 15) is 4.79 Å². The molecule has 3 aliphatic rings. The van der Waals surface area contributed by atoms with Crippen molar-refractivity contribution in [3.8, 4) is 0 Å². The summed E-state index contributed by atoms with van der Waals surface area (Å²) >= 11 is 0. The summed E-state index contributed by atoms with van der Waals surface area (Å²) < 4.78 is 12.1. The smallest absolute Gasteiger partial charge is 0.272 e. The second-order valence-electron chi connectivity index (χ2n) is 7.61. The van der Waals surface area contributed by atoms with Gasteiger partial charge in [-0.3, -0.25) is 9.78 Å². The fraction of sp³-hybridized carbons (Fsp3) is 0.684. The van der Waals surface area contributed by atoms with Crippen LogP contribution in [0.1, 0.15) is 48.2 Å². The van der Waals surface area contributed by atoms with Crippen molar-refractivity contribution < 1.29 is 14.3 Å². The third-order valence-electron chi connectivity index (χ3n) is 5.54. The number of aromatic nitrogens is 1. The first-order valence-electron chi connectivity index (χ1n) is 9.11. The third kappa shape index (κ3) is 3.47.